The van der Waals surface area contributed by atoms with Gasteiger partial charge in [0.1, 0.15) is 6.04 Å². The van der Waals surface area contributed by atoms with Crippen molar-refractivity contribution in [1.29, 1.82) is 0 Å². The van der Waals surface area contributed by atoms with Crippen molar-refractivity contribution in [3.63, 3.8) is 0 Å². The van der Waals surface area contributed by atoms with Gasteiger partial charge >= 0.3 is 5.97 Å². The summed E-state index contributed by atoms with van der Waals surface area (Å²) in [4.78, 5) is 13.9. The van der Waals surface area contributed by atoms with Crippen LogP contribution in [0.2, 0.25) is 5.02 Å². The van der Waals surface area contributed by atoms with Gasteiger partial charge in [-0.2, -0.15) is 0 Å². The van der Waals surface area contributed by atoms with Crippen molar-refractivity contribution in [3.05, 3.63) is 34.9 Å². The summed E-state index contributed by atoms with van der Waals surface area (Å²) < 4.78 is 4.77. The molecule has 0 aliphatic carbocycles. The van der Waals surface area contributed by atoms with Crippen molar-refractivity contribution in [2.24, 2.45) is 5.73 Å². The van der Waals surface area contributed by atoms with Crippen LogP contribution in [0.5, 0.6) is 0 Å². The van der Waals surface area contributed by atoms with Crippen LogP contribution in [0, 0.1) is 0 Å². The van der Waals surface area contributed by atoms with E-state index in [1.807, 2.05) is 24.3 Å². The number of rotatable bonds is 4. The third-order valence-electron chi connectivity index (χ3n) is 3.85. The van der Waals surface area contributed by atoms with Crippen molar-refractivity contribution in [2.45, 2.75) is 37.9 Å². The summed E-state index contributed by atoms with van der Waals surface area (Å²) in [6, 6.07) is 7.26. The lowest BCUT2D eigenvalue weighted by Gasteiger charge is -2.38. The van der Waals surface area contributed by atoms with Gasteiger partial charge in [-0.15, -0.1) is 0 Å². The van der Waals surface area contributed by atoms with Gasteiger partial charge < -0.3 is 10.5 Å². The highest BCUT2D eigenvalue weighted by Crippen LogP contribution is 2.22. The zero-order valence-electron chi connectivity index (χ0n) is 11.7. The van der Waals surface area contributed by atoms with E-state index in [0.29, 0.717) is 0 Å². The molecule has 1 heterocycles. The highest BCUT2D eigenvalue weighted by molar-refractivity contribution is 6.30. The van der Waals surface area contributed by atoms with Gasteiger partial charge in [0.2, 0.25) is 0 Å². The molecule has 20 heavy (non-hydrogen) atoms. The Labute approximate surface area is 124 Å². The fourth-order valence-electron chi connectivity index (χ4n) is 2.74. The van der Waals surface area contributed by atoms with E-state index in [-0.39, 0.29) is 12.0 Å². The summed E-state index contributed by atoms with van der Waals surface area (Å²) in [7, 11) is 1.38. The molecule has 110 valence electrons. The summed E-state index contributed by atoms with van der Waals surface area (Å²) in [5.74, 6) is -0.335. The smallest absolute Gasteiger partial charge is 0.324 e. The van der Waals surface area contributed by atoms with E-state index in [4.69, 9.17) is 22.1 Å². The largest absolute Gasteiger partial charge is 0.468 e. The van der Waals surface area contributed by atoms with Gasteiger partial charge in [-0.25, -0.2) is 0 Å². The molecule has 4 nitrogen and oxygen atoms in total. The van der Waals surface area contributed by atoms with Crippen LogP contribution >= 0.6 is 11.6 Å². The fraction of sp³-hybridized carbons (Fsp3) is 0.533. The molecular weight excluding hydrogens is 276 g/mol. The number of piperidine rings is 1. The van der Waals surface area contributed by atoms with Gasteiger partial charge in [0, 0.05) is 17.6 Å². The van der Waals surface area contributed by atoms with E-state index in [9.17, 15) is 4.79 Å². The third kappa shape index (κ3) is 3.72. The van der Waals surface area contributed by atoms with Gasteiger partial charge in [0.25, 0.3) is 0 Å². The fourth-order valence-corrected chi connectivity index (χ4v) is 2.86. The molecule has 1 fully saturated rings. The first-order valence-electron chi connectivity index (χ1n) is 6.93. The molecule has 1 aromatic carbocycles. The number of hydrogen-bond donors (Lipinski definition) is 1. The predicted molar refractivity (Wildman–Crippen MR) is 79.5 cm³/mol. The normalized spacial score (nSPS) is 21.4. The van der Waals surface area contributed by atoms with Crippen LogP contribution < -0.4 is 5.73 Å². The van der Waals surface area contributed by atoms with Crippen molar-refractivity contribution < 1.29 is 9.53 Å². The lowest BCUT2D eigenvalue weighted by Crippen LogP contribution is -2.53. The molecule has 1 aliphatic rings. The second-order valence-corrected chi connectivity index (χ2v) is 5.65. The van der Waals surface area contributed by atoms with E-state index in [1.54, 1.807) is 0 Å². The van der Waals surface area contributed by atoms with Crippen molar-refractivity contribution in [2.75, 3.05) is 13.7 Å². The van der Waals surface area contributed by atoms with Crippen LogP contribution in [0.3, 0.4) is 0 Å². The first-order chi connectivity index (χ1) is 9.61. The monoisotopic (exact) mass is 296 g/mol. The first-order valence-corrected chi connectivity index (χ1v) is 7.31. The van der Waals surface area contributed by atoms with Gasteiger partial charge in [0.15, 0.2) is 0 Å². The number of hydrogen-bond acceptors (Lipinski definition) is 4. The molecule has 0 spiro atoms. The minimum absolute atomic E-state index is 0.0480. The topological polar surface area (TPSA) is 55.6 Å². The molecule has 0 amide bonds. The standard InChI is InChI=1S/C15H21ClN2O2/c1-20-15(19)14(17)13-4-2-3-9-18(13)10-11-5-7-12(16)8-6-11/h5-8,13-14H,2-4,9-10,17H2,1H3. The number of nitrogens with two attached hydrogens (primary N) is 1. The first kappa shape index (κ1) is 15.3. The molecule has 0 aromatic heterocycles. The number of ether oxygens (including phenoxy) is 1. The highest BCUT2D eigenvalue weighted by atomic mass is 35.5. The number of likely N-dealkylation sites (tertiary alicyclic amines) is 1. The number of methoxy groups -OCH3 is 1. The minimum Gasteiger partial charge on any atom is -0.468 e. The Morgan fingerprint density at radius 1 is 1.45 bits per heavy atom. The number of halogens is 1. The van der Waals surface area contributed by atoms with Crippen molar-refractivity contribution in [1.82, 2.24) is 4.90 Å². The molecule has 2 atom stereocenters. The van der Waals surface area contributed by atoms with E-state index in [0.717, 1.165) is 37.4 Å². The lowest BCUT2D eigenvalue weighted by atomic mass is 9.95. The second-order valence-electron chi connectivity index (χ2n) is 5.21. The van der Waals surface area contributed by atoms with Gasteiger partial charge in [-0.1, -0.05) is 30.2 Å². The van der Waals surface area contributed by atoms with Crippen LogP contribution in [0.1, 0.15) is 24.8 Å². The number of esters is 1. The molecule has 5 heteroatoms. The average molecular weight is 297 g/mol. The maximum absolute atomic E-state index is 11.7. The number of nitrogens with zero attached hydrogens (tertiary/aromatic N) is 1. The van der Waals surface area contributed by atoms with E-state index in [2.05, 4.69) is 4.90 Å². The number of benzene rings is 1. The van der Waals surface area contributed by atoms with Crippen LogP contribution in [0.25, 0.3) is 0 Å². The maximum atomic E-state index is 11.7. The second kappa shape index (κ2) is 7.07. The molecule has 2 rings (SSSR count). The maximum Gasteiger partial charge on any atom is 0.324 e. The van der Waals surface area contributed by atoms with Crippen LogP contribution in [-0.4, -0.2) is 36.6 Å². The Morgan fingerprint density at radius 2 is 2.15 bits per heavy atom. The summed E-state index contributed by atoms with van der Waals surface area (Å²) in [5, 5.41) is 0.732. The average Bonchev–Trinajstić information content (AvgIpc) is 2.48. The summed E-state index contributed by atoms with van der Waals surface area (Å²) in [6.07, 6.45) is 3.17. The van der Waals surface area contributed by atoms with Crippen LogP contribution in [0.15, 0.2) is 24.3 Å². The molecular formula is C15H21ClN2O2. The van der Waals surface area contributed by atoms with Crippen molar-refractivity contribution in [3.8, 4) is 0 Å². The molecule has 2 unspecified atom stereocenters. The molecule has 1 aliphatic heterocycles. The predicted octanol–water partition coefficient (Wildman–Crippen LogP) is 2.19. The quantitative estimate of drug-likeness (QED) is 0.866. The van der Waals surface area contributed by atoms with Crippen molar-refractivity contribution >= 4 is 17.6 Å². The van der Waals surface area contributed by atoms with E-state index < -0.39 is 6.04 Å². The Kier molecular flexibility index (Phi) is 5.40. The molecule has 0 bridgehead atoms. The summed E-state index contributed by atoms with van der Waals surface area (Å²) >= 11 is 5.90. The molecule has 0 radical (unpaired) electrons. The Bertz CT molecular complexity index is 450. The molecule has 1 saturated heterocycles. The number of carbonyl (C=O) groups excluding carboxylic acids is 1. The summed E-state index contributed by atoms with van der Waals surface area (Å²) in [5.41, 5.74) is 7.21. The Morgan fingerprint density at radius 3 is 2.80 bits per heavy atom. The third-order valence-corrected chi connectivity index (χ3v) is 4.10. The lowest BCUT2D eigenvalue weighted by molar-refractivity contribution is -0.144. The SMILES string of the molecule is COC(=O)C(N)C1CCCCN1Cc1ccc(Cl)cc1. The Balaban J connectivity index is 2.06. The molecule has 1 aromatic rings. The van der Waals surface area contributed by atoms with Gasteiger partial charge in [0.05, 0.1) is 7.11 Å². The molecule has 0 saturated carbocycles. The summed E-state index contributed by atoms with van der Waals surface area (Å²) in [6.45, 7) is 1.74. The van der Waals surface area contributed by atoms with E-state index >= 15 is 0 Å². The van der Waals surface area contributed by atoms with E-state index in [1.165, 1.54) is 12.7 Å². The zero-order valence-corrected chi connectivity index (χ0v) is 12.5. The zero-order chi connectivity index (χ0) is 14.5. The van der Waals surface area contributed by atoms with Gasteiger partial charge in [-0.05, 0) is 37.1 Å². The van der Waals surface area contributed by atoms with Crippen LogP contribution in [-0.2, 0) is 16.1 Å². The minimum atomic E-state index is -0.576. The number of carbonyl (C=O) groups is 1. The molecule has 2 N–H and O–H groups in total. The highest BCUT2D eigenvalue weighted by Gasteiger charge is 2.32. The Hall–Kier alpha value is -1.10. The van der Waals surface area contributed by atoms with Crippen LogP contribution in [0.4, 0.5) is 0 Å². The van der Waals surface area contributed by atoms with Gasteiger partial charge in [-0.3, -0.25) is 9.69 Å².